The molecule has 4 unspecified atom stereocenters. The summed E-state index contributed by atoms with van der Waals surface area (Å²) in [4.78, 5) is 15.7. The highest BCUT2D eigenvalue weighted by Crippen LogP contribution is 2.27. The second-order valence-corrected chi connectivity index (χ2v) is 4.13. The molecule has 1 aliphatic heterocycles. The van der Waals surface area contributed by atoms with Crippen LogP contribution in [0, 0.1) is 5.41 Å². The van der Waals surface area contributed by atoms with Gasteiger partial charge in [-0.2, -0.15) is 0 Å². The van der Waals surface area contributed by atoms with Gasteiger partial charge in [-0.1, -0.05) is 0 Å². The van der Waals surface area contributed by atoms with E-state index in [0.717, 1.165) is 4.57 Å². The maximum Gasteiger partial charge on any atom is 0.282 e. The lowest BCUT2D eigenvalue weighted by atomic mass is 10.1. The van der Waals surface area contributed by atoms with Crippen molar-refractivity contribution in [3.8, 4) is 0 Å². The van der Waals surface area contributed by atoms with Crippen LogP contribution in [0.4, 0.5) is 0 Å². The van der Waals surface area contributed by atoms with Crippen molar-refractivity contribution in [1.29, 1.82) is 5.41 Å². The number of nitrogens with two attached hydrogens (primary N) is 1. The predicted molar refractivity (Wildman–Crippen MR) is 69.8 cm³/mol. The number of rotatable bonds is 3. The lowest BCUT2D eigenvalue weighted by molar-refractivity contribution is -0.0545. The molecular formula is C10H15ClN4O5. The van der Waals surface area contributed by atoms with E-state index >= 15 is 0 Å². The largest absolute Gasteiger partial charge is 0.394 e. The van der Waals surface area contributed by atoms with Crippen LogP contribution in [0.2, 0.25) is 0 Å². The number of nitrogens with one attached hydrogen (secondary N) is 1. The Morgan fingerprint density at radius 3 is 2.65 bits per heavy atom. The number of ether oxygens (including phenoxy) is 1. The molecule has 1 aromatic heterocycles. The molecule has 0 bridgehead atoms. The fraction of sp³-hybridized carbons (Fsp3) is 0.500. The van der Waals surface area contributed by atoms with E-state index in [0.29, 0.717) is 0 Å². The molecule has 20 heavy (non-hydrogen) atoms. The number of amidine groups is 1. The van der Waals surface area contributed by atoms with Crippen LogP contribution in [-0.2, 0) is 4.74 Å². The van der Waals surface area contributed by atoms with E-state index in [1.165, 1.54) is 12.4 Å². The minimum atomic E-state index is -1.38. The topological polar surface area (TPSA) is 155 Å². The molecule has 10 heteroatoms. The Labute approximate surface area is 119 Å². The minimum absolute atomic E-state index is 0. The molecular weight excluding hydrogens is 292 g/mol. The molecule has 2 heterocycles. The Kier molecular flexibility index (Phi) is 5.20. The van der Waals surface area contributed by atoms with Gasteiger partial charge < -0.3 is 25.8 Å². The van der Waals surface area contributed by atoms with Gasteiger partial charge in [-0.15, -0.1) is 12.4 Å². The molecule has 0 saturated carbocycles. The van der Waals surface area contributed by atoms with Crippen molar-refractivity contribution in [3.63, 3.8) is 0 Å². The average Bonchev–Trinajstić information content (AvgIpc) is 2.66. The molecule has 4 atom stereocenters. The first-order valence-corrected chi connectivity index (χ1v) is 5.51. The molecule has 0 spiro atoms. The summed E-state index contributed by atoms with van der Waals surface area (Å²) in [7, 11) is 0. The van der Waals surface area contributed by atoms with E-state index in [2.05, 4.69) is 4.98 Å². The highest BCUT2D eigenvalue weighted by molar-refractivity contribution is 5.92. The maximum absolute atomic E-state index is 12.0. The third-order valence-electron chi connectivity index (χ3n) is 2.91. The molecule has 1 aromatic rings. The van der Waals surface area contributed by atoms with E-state index in [9.17, 15) is 15.0 Å². The molecule has 1 saturated heterocycles. The van der Waals surface area contributed by atoms with Gasteiger partial charge in [0, 0.05) is 12.4 Å². The summed E-state index contributed by atoms with van der Waals surface area (Å²) in [5.74, 6) is -0.508. The Bertz CT molecular complexity index is 551. The molecule has 1 fully saturated rings. The number of nitrogens with zero attached hydrogens (tertiary/aromatic N) is 2. The SMILES string of the molecule is Cl.N=C(N)c1nccn(C2OC(CO)C(O)C2O)c1=O. The van der Waals surface area contributed by atoms with Crippen LogP contribution >= 0.6 is 12.4 Å². The quantitative estimate of drug-likeness (QED) is 0.307. The van der Waals surface area contributed by atoms with Crippen molar-refractivity contribution in [2.24, 2.45) is 5.73 Å². The maximum atomic E-state index is 12.0. The van der Waals surface area contributed by atoms with Gasteiger partial charge >= 0.3 is 0 Å². The predicted octanol–water partition coefficient (Wildman–Crippen LogP) is -2.44. The monoisotopic (exact) mass is 306 g/mol. The van der Waals surface area contributed by atoms with Gasteiger partial charge in [0.15, 0.2) is 11.9 Å². The van der Waals surface area contributed by atoms with Gasteiger partial charge in [-0.25, -0.2) is 4.98 Å². The Balaban J connectivity index is 0.00000200. The first kappa shape index (κ1) is 16.5. The first-order valence-electron chi connectivity index (χ1n) is 5.51. The second kappa shape index (κ2) is 6.29. The Morgan fingerprint density at radius 1 is 1.50 bits per heavy atom. The highest BCUT2D eigenvalue weighted by atomic mass is 35.5. The summed E-state index contributed by atoms with van der Waals surface area (Å²) < 4.78 is 6.19. The van der Waals surface area contributed by atoms with E-state index in [-0.39, 0.29) is 18.1 Å². The van der Waals surface area contributed by atoms with Crippen LogP contribution in [0.5, 0.6) is 0 Å². The van der Waals surface area contributed by atoms with E-state index < -0.39 is 42.5 Å². The number of aromatic nitrogens is 2. The zero-order valence-corrected chi connectivity index (χ0v) is 11.0. The molecule has 0 amide bonds. The lowest BCUT2D eigenvalue weighted by Crippen LogP contribution is -2.38. The number of hydrogen-bond acceptors (Lipinski definition) is 7. The molecule has 6 N–H and O–H groups in total. The molecule has 0 aliphatic carbocycles. The zero-order valence-electron chi connectivity index (χ0n) is 10.2. The van der Waals surface area contributed by atoms with Crippen molar-refractivity contribution in [2.75, 3.05) is 6.61 Å². The third-order valence-corrected chi connectivity index (χ3v) is 2.91. The van der Waals surface area contributed by atoms with Gasteiger partial charge in [-0.05, 0) is 0 Å². The summed E-state index contributed by atoms with van der Waals surface area (Å²) in [6.45, 7) is -0.492. The van der Waals surface area contributed by atoms with E-state index in [1.54, 1.807) is 0 Å². The summed E-state index contributed by atoms with van der Waals surface area (Å²) >= 11 is 0. The van der Waals surface area contributed by atoms with Crippen molar-refractivity contribution in [2.45, 2.75) is 24.5 Å². The minimum Gasteiger partial charge on any atom is -0.394 e. The van der Waals surface area contributed by atoms with Crippen LogP contribution in [0.15, 0.2) is 17.2 Å². The standard InChI is InChI=1S/C10H14N4O5.ClH/c11-8(12)5-9(18)14(2-1-13-5)10-7(17)6(16)4(3-15)19-10;/h1-2,4,6-7,10,15-17H,3H2,(H3,11,12);1H. The van der Waals surface area contributed by atoms with Crippen LogP contribution in [0.3, 0.4) is 0 Å². The number of hydrogen-bond donors (Lipinski definition) is 5. The van der Waals surface area contributed by atoms with Gasteiger partial charge in [0.25, 0.3) is 5.56 Å². The highest BCUT2D eigenvalue weighted by Gasteiger charge is 2.43. The molecule has 9 nitrogen and oxygen atoms in total. The second-order valence-electron chi connectivity index (χ2n) is 4.13. The fourth-order valence-electron chi connectivity index (χ4n) is 1.92. The average molecular weight is 307 g/mol. The Hall–Kier alpha value is -1.52. The lowest BCUT2D eigenvalue weighted by Gasteiger charge is -2.17. The smallest absolute Gasteiger partial charge is 0.282 e. The summed E-state index contributed by atoms with van der Waals surface area (Å²) in [6.07, 6.45) is -2.36. The number of aliphatic hydroxyl groups excluding tert-OH is 3. The fourth-order valence-corrected chi connectivity index (χ4v) is 1.92. The van der Waals surface area contributed by atoms with Crippen LogP contribution in [0.25, 0.3) is 0 Å². The molecule has 1 aliphatic rings. The van der Waals surface area contributed by atoms with Crippen molar-refractivity contribution >= 4 is 18.2 Å². The summed E-state index contributed by atoms with van der Waals surface area (Å²) in [5, 5.41) is 35.6. The van der Waals surface area contributed by atoms with Crippen molar-refractivity contribution in [1.82, 2.24) is 9.55 Å². The number of nitrogen functional groups attached to an aromatic ring is 1. The molecule has 2 rings (SSSR count). The molecule has 0 radical (unpaired) electrons. The van der Waals surface area contributed by atoms with Crippen LogP contribution in [0.1, 0.15) is 11.9 Å². The molecule has 112 valence electrons. The normalized spacial score (nSPS) is 28.9. The first-order chi connectivity index (χ1) is 8.97. The third kappa shape index (κ3) is 2.67. The molecule has 0 aromatic carbocycles. The van der Waals surface area contributed by atoms with E-state index in [1.807, 2.05) is 0 Å². The van der Waals surface area contributed by atoms with Crippen molar-refractivity contribution < 1.29 is 20.1 Å². The van der Waals surface area contributed by atoms with Gasteiger partial charge in [0.2, 0.25) is 0 Å². The summed E-state index contributed by atoms with van der Waals surface area (Å²) in [6, 6.07) is 0. The van der Waals surface area contributed by atoms with Crippen LogP contribution < -0.4 is 11.3 Å². The zero-order chi connectivity index (χ0) is 14.2. The number of aliphatic hydroxyl groups is 3. The van der Waals surface area contributed by atoms with Crippen LogP contribution in [-0.4, -0.2) is 55.6 Å². The van der Waals surface area contributed by atoms with Gasteiger partial charge in [0.1, 0.15) is 24.1 Å². The number of halogens is 1. The van der Waals surface area contributed by atoms with Gasteiger partial charge in [-0.3, -0.25) is 14.8 Å². The summed E-state index contributed by atoms with van der Waals surface area (Å²) in [5.41, 5.74) is 4.22. The van der Waals surface area contributed by atoms with Gasteiger partial charge in [0.05, 0.1) is 6.61 Å². The van der Waals surface area contributed by atoms with E-state index in [4.69, 9.17) is 21.0 Å². The van der Waals surface area contributed by atoms with Crippen molar-refractivity contribution in [3.05, 3.63) is 28.4 Å². The Morgan fingerprint density at radius 2 is 2.15 bits per heavy atom.